The first-order valence-corrected chi connectivity index (χ1v) is 7.93. The molecular formula is C16H12N8O5. The molecule has 2 heterocycles. The number of hydrogen-bond donors (Lipinski definition) is 3. The van der Waals surface area contributed by atoms with Gasteiger partial charge in [0.15, 0.2) is 0 Å². The molecule has 0 bridgehead atoms. The third-order valence-corrected chi connectivity index (χ3v) is 3.56. The molecule has 146 valence electrons. The summed E-state index contributed by atoms with van der Waals surface area (Å²) >= 11 is 0. The topological polar surface area (TPSA) is 178 Å². The van der Waals surface area contributed by atoms with Crippen LogP contribution in [0.4, 0.5) is 28.7 Å². The summed E-state index contributed by atoms with van der Waals surface area (Å²) in [6.07, 6.45) is 4.07. The van der Waals surface area contributed by atoms with Crippen molar-refractivity contribution in [3.63, 3.8) is 0 Å². The van der Waals surface area contributed by atoms with Gasteiger partial charge in [0, 0.05) is 23.9 Å². The largest absolute Gasteiger partial charge is 0.355 e. The van der Waals surface area contributed by atoms with Crippen molar-refractivity contribution in [1.82, 2.24) is 20.4 Å². The number of amides is 1. The Morgan fingerprint density at radius 2 is 1.69 bits per heavy atom. The molecule has 3 N–H and O–H groups in total. The van der Waals surface area contributed by atoms with Gasteiger partial charge in [-0.05, 0) is 24.3 Å². The lowest BCUT2D eigenvalue weighted by Gasteiger charge is -2.10. The predicted octanol–water partition coefficient (Wildman–Crippen LogP) is 2.19. The fourth-order valence-corrected chi connectivity index (χ4v) is 2.23. The number of non-ortho nitro benzene ring substituents is 1. The number of nitro benzene ring substituents is 1. The summed E-state index contributed by atoms with van der Waals surface area (Å²) in [4.78, 5) is 44.6. The number of carbonyl (C=O) groups is 1. The summed E-state index contributed by atoms with van der Waals surface area (Å²) < 4.78 is 0. The van der Waals surface area contributed by atoms with Gasteiger partial charge in [-0.3, -0.25) is 40.9 Å². The molecule has 13 heteroatoms. The summed E-state index contributed by atoms with van der Waals surface area (Å²) in [6.45, 7) is 0. The maximum atomic E-state index is 12.2. The number of nitrogens with one attached hydrogen (secondary N) is 3. The van der Waals surface area contributed by atoms with Crippen LogP contribution in [0.25, 0.3) is 0 Å². The van der Waals surface area contributed by atoms with Crippen LogP contribution in [0.2, 0.25) is 0 Å². The smallest absolute Gasteiger partial charge is 0.333 e. The molecule has 0 saturated carbocycles. The normalized spacial score (nSPS) is 10.1. The van der Waals surface area contributed by atoms with Crippen LogP contribution in [0.5, 0.6) is 0 Å². The van der Waals surface area contributed by atoms with E-state index >= 15 is 0 Å². The zero-order valence-corrected chi connectivity index (χ0v) is 14.5. The van der Waals surface area contributed by atoms with Gasteiger partial charge >= 0.3 is 5.69 Å². The number of benzene rings is 1. The highest BCUT2D eigenvalue weighted by Crippen LogP contribution is 2.30. The van der Waals surface area contributed by atoms with E-state index in [0.29, 0.717) is 5.69 Å². The second kappa shape index (κ2) is 8.34. The number of anilines is 3. The molecule has 3 rings (SSSR count). The van der Waals surface area contributed by atoms with Crippen LogP contribution in [0, 0.1) is 20.2 Å². The Hall–Kier alpha value is -4.68. The number of rotatable bonds is 7. The van der Waals surface area contributed by atoms with E-state index in [1.807, 2.05) is 0 Å². The molecule has 0 aliphatic heterocycles. The van der Waals surface area contributed by atoms with Crippen molar-refractivity contribution in [2.45, 2.75) is 0 Å². The van der Waals surface area contributed by atoms with E-state index in [-0.39, 0.29) is 22.9 Å². The van der Waals surface area contributed by atoms with Crippen LogP contribution in [0.15, 0.2) is 55.1 Å². The van der Waals surface area contributed by atoms with Crippen molar-refractivity contribution >= 4 is 34.6 Å². The molecule has 1 amide bonds. The molecule has 1 aromatic carbocycles. The Morgan fingerprint density at radius 1 is 0.966 bits per heavy atom. The van der Waals surface area contributed by atoms with E-state index in [1.54, 1.807) is 18.3 Å². The number of hydrogen-bond acceptors (Lipinski definition) is 10. The summed E-state index contributed by atoms with van der Waals surface area (Å²) in [6, 6.07) is 8.11. The minimum absolute atomic E-state index is 0.105. The van der Waals surface area contributed by atoms with E-state index < -0.39 is 21.4 Å². The molecule has 0 aliphatic rings. The molecule has 3 aromatic rings. The van der Waals surface area contributed by atoms with Gasteiger partial charge in [0.25, 0.3) is 11.6 Å². The zero-order valence-electron chi connectivity index (χ0n) is 14.5. The molecule has 0 saturated heterocycles. The van der Waals surface area contributed by atoms with E-state index in [4.69, 9.17) is 0 Å². The van der Waals surface area contributed by atoms with Crippen LogP contribution < -0.4 is 16.2 Å². The Labute approximate surface area is 162 Å². The van der Waals surface area contributed by atoms with E-state index in [1.165, 1.54) is 18.3 Å². The fourth-order valence-electron chi connectivity index (χ4n) is 2.23. The first-order chi connectivity index (χ1) is 14.0. The monoisotopic (exact) mass is 396 g/mol. The predicted molar refractivity (Wildman–Crippen MR) is 100 cm³/mol. The van der Waals surface area contributed by atoms with Crippen LogP contribution in [-0.4, -0.2) is 30.7 Å². The highest BCUT2D eigenvalue weighted by molar-refractivity contribution is 5.95. The lowest BCUT2D eigenvalue weighted by atomic mass is 10.2. The second-order valence-electron chi connectivity index (χ2n) is 5.43. The van der Waals surface area contributed by atoms with Gasteiger partial charge in [-0.2, -0.15) is 0 Å². The number of hydrazine groups is 1. The van der Waals surface area contributed by atoms with Crippen molar-refractivity contribution < 1.29 is 14.6 Å². The summed E-state index contributed by atoms with van der Waals surface area (Å²) in [5, 5.41) is 24.9. The highest BCUT2D eigenvalue weighted by Gasteiger charge is 2.24. The Morgan fingerprint density at radius 3 is 2.31 bits per heavy atom. The minimum atomic E-state index is -0.709. The molecule has 0 fully saturated rings. The first-order valence-electron chi connectivity index (χ1n) is 7.93. The maximum Gasteiger partial charge on any atom is 0.355 e. The third-order valence-electron chi connectivity index (χ3n) is 3.56. The molecular weight excluding hydrogens is 384 g/mol. The van der Waals surface area contributed by atoms with Gasteiger partial charge < -0.3 is 5.32 Å². The van der Waals surface area contributed by atoms with Gasteiger partial charge in [0.2, 0.25) is 11.6 Å². The van der Waals surface area contributed by atoms with Crippen LogP contribution >= 0.6 is 0 Å². The van der Waals surface area contributed by atoms with Gasteiger partial charge in [0.1, 0.15) is 6.33 Å². The second-order valence-corrected chi connectivity index (χ2v) is 5.43. The minimum Gasteiger partial charge on any atom is -0.333 e. The number of carbonyl (C=O) groups excluding carboxylic acids is 1. The standard InChI is InChI=1S/C16H12N8O5/c25-16(10-3-5-12(6-4-10)23(26)27)22-21-15-13(24(28)29)14(18-9-19-15)20-11-2-1-7-17-8-11/h1-9H,(H,22,25)(H2,18,19,20,21). The number of aromatic nitrogens is 3. The van der Waals surface area contributed by atoms with Crippen molar-refractivity contribution in [2.75, 3.05) is 10.7 Å². The Balaban J connectivity index is 1.78. The lowest BCUT2D eigenvalue weighted by molar-refractivity contribution is -0.384. The number of nitro groups is 2. The van der Waals surface area contributed by atoms with Crippen molar-refractivity contribution in [3.8, 4) is 0 Å². The third kappa shape index (κ3) is 4.54. The van der Waals surface area contributed by atoms with E-state index in [2.05, 4.69) is 31.1 Å². The van der Waals surface area contributed by atoms with Crippen LogP contribution in [0.1, 0.15) is 10.4 Å². The van der Waals surface area contributed by atoms with Gasteiger partial charge in [-0.1, -0.05) is 0 Å². The van der Waals surface area contributed by atoms with Gasteiger partial charge in [0.05, 0.1) is 21.7 Å². The molecule has 0 aliphatic carbocycles. The SMILES string of the molecule is O=C(NNc1ncnc(Nc2cccnc2)c1[N+](=O)[O-])c1ccc([N+](=O)[O-])cc1. The van der Waals surface area contributed by atoms with Crippen molar-refractivity contribution in [1.29, 1.82) is 0 Å². The van der Waals surface area contributed by atoms with Gasteiger partial charge in [-0.25, -0.2) is 9.97 Å². The molecule has 2 aromatic heterocycles. The summed E-state index contributed by atoms with van der Waals surface area (Å²) in [5.74, 6) is -1.04. The fraction of sp³-hybridized carbons (Fsp3) is 0. The average molecular weight is 396 g/mol. The van der Waals surface area contributed by atoms with E-state index in [0.717, 1.165) is 18.5 Å². The molecule has 0 atom stereocenters. The Kier molecular flexibility index (Phi) is 5.49. The molecule has 0 radical (unpaired) electrons. The molecule has 0 unspecified atom stereocenters. The van der Waals surface area contributed by atoms with Crippen LogP contribution in [-0.2, 0) is 0 Å². The summed E-state index contributed by atoms with van der Waals surface area (Å²) in [7, 11) is 0. The van der Waals surface area contributed by atoms with Gasteiger partial charge in [-0.15, -0.1) is 0 Å². The number of pyridine rings is 1. The number of nitrogens with zero attached hydrogens (tertiary/aromatic N) is 5. The molecule has 0 spiro atoms. The first kappa shape index (κ1) is 19.1. The zero-order chi connectivity index (χ0) is 20.8. The Bertz CT molecular complexity index is 1060. The van der Waals surface area contributed by atoms with E-state index in [9.17, 15) is 25.0 Å². The average Bonchev–Trinajstić information content (AvgIpc) is 2.72. The lowest BCUT2D eigenvalue weighted by Crippen LogP contribution is -2.30. The highest BCUT2D eigenvalue weighted by atomic mass is 16.6. The molecule has 13 nitrogen and oxygen atoms in total. The summed E-state index contributed by atoms with van der Waals surface area (Å²) in [5.41, 5.74) is 4.53. The quantitative estimate of drug-likeness (QED) is 0.396. The van der Waals surface area contributed by atoms with Crippen molar-refractivity contribution in [3.05, 3.63) is 80.9 Å². The maximum absolute atomic E-state index is 12.2. The van der Waals surface area contributed by atoms with Crippen LogP contribution in [0.3, 0.4) is 0 Å². The van der Waals surface area contributed by atoms with Crippen molar-refractivity contribution in [2.24, 2.45) is 0 Å². The molecule has 29 heavy (non-hydrogen) atoms.